The van der Waals surface area contributed by atoms with Crippen molar-refractivity contribution in [1.29, 1.82) is 0 Å². The predicted molar refractivity (Wildman–Crippen MR) is 101 cm³/mol. The third kappa shape index (κ3) is 1.35. The Morgan fingerprint density at radius 3 is 2.85 bits per heavy atom. The minimum Gasteiger partial charge on any atom is -0.488 e. The summed E-state index contributed by atoms with van der Waals surface area (Å²) in [6, 6.07) is 5.17. The minimum absolute atomic E-state index is 0.0197. The molecule has 0 aromatic heterocycles. The van der Waals surface area contributed by atoms with E-state index in [1.807, 2.05) is 6.92 Å². The molecule has 6 aliphatic rings. The van der Waals surface area contributed by atoms with Crippen LogP contribution in [-0.4, -0.2) is 36.4 Å². The number of nitrogens with zero attached hydrogens (tertiary/aromatic N) is 1. The molecule has 3 saturated carbocycles. The maximum Gasteiger partial charge on any atom is 0.133 e. The molecule has 7 rings (SSSR count). The number of hydrogen-bond acceptors (Lipinski definition) is 3. The first-order valence-corrected chi connectivity index (χ1v) is 10.4. The number of benzene rings is 1. The van der Waals surface area contributed by atoms with Gasteiger partial charge in [-0.3, -0.25) is 4.79 Å². The highest BCUT2D eigenvalue weighted by Gasteiger charge is 2.79. The molecule has 2 aliphatic heterocycles. The molecule has 4 aliphatic carbocycles. The Morgan fingerprint density at radius 1 is 1.27 bits per heavy atom. The fraction of sp³-hybridized carbons (Fsp3) is 0.696. The third-order valence-corrected chi connectivity index (χ3v) is 9.46. The number of ether oxygens (including phenoxy) is 1. The SMILES string of the molecule is CC(=O)C1CC23CCC1(C)C1Oc4c(C)ccc5c4C12CCN(C)C3C5. The molecule has 4 fully saturated rings. The number of likely N-dealkylation sites (tertiary alicyclic amines) is 1. The van der Waals surface area contributed by atoms with Gasteiger partial charge in [0.2, 0.25) is 0 Å². The van der Waals surface area contributed by atoms with Crippen molar-refractivity contribution >= 4 is 5.78 Å². The van der Waals surface area contributed by atoms with Crippen molar-refractivity contribution in [2.24, 2.45) is 16.7 Å². The van der Waals surface area contributed by atoms with Crippen LogP contribution in [0.2, 0.25) is 0 Å². The zero-order chi connectivity index (χ0) is 18.1. The highest BCUT2D eigenvalue weighted by molar-refractivity contribution is 5.80. The summed E-state index contributed by atoms with van der Waals surface area (Å²) in [6.07, 6.45) is 5.95. The van der Waals surface area contributed by atoms with Crippen molar-refractivity contribution in [2.75, 3.05) is 13.6 Å². The molecule has 1 saturated heterocycles. The molecule has 26 heavy (non-hydrogen) atoms. The molecule has 2 spiro atoms. The van der Waals surface area contributed by atoms with Crippen LogP contribution in [0.1, 0.15) is 56.2 Å². The molecule has 1 aromatic rings. The van der Waals surface area contributed by atoms with Gasteiger partial charge in [0.1, 0.15) is 17.6 Å². The van der Waals surface area contributed by atoms with Crippen molar-refractivity contribution in [2.45, 2.75) is 70.4 Å². The minimum atomic E-state index is -0.0197. The number of ketones is 1. The lowest BCUT2D eigenvalue weighted by Crippen LogP contribution is -2.78. The fourth-order valence-corrected chi connectivity index (χ4v) is 8.38. The van der Waals surface area contributed by atoms with Crippen molar-refractivity contribution in [3.63, 3.8) is 0 Å². The van der Waals surface area contributed by atoms with Crippen molar-refractivity contribution < 1.29 is 9.53 Å². The van der Waals surface area contributed by atoms with Crippen LogP contribution in [-0.2, 0) is 16.6 Å². The quantitative estimate of drug-likeness (QED) is 0.773. The lowest BCUT2D eigenvalue weighted by Gasteiger charge is -2.73. The lowest BCUT2D eigenvalue weighted by molar-refractivity contribution is -0.228. The first kappa shape index (κ1) is 15.7. The average Bonchev–Trinajstić information content (AvgIpc) is 2.98. The molecule has 6 unspecified atom stereocenters. The topological polar surface area (TPSA) is 29.5 Å². The molecule has 3 nitrogen and oxygen atoms in total. The van der Waals surface area contributed by atoms with E-state index in [1.54, 1.807) is 5.56 Å². The summed E-state index contributed by atoms with van der Waals surface area (Å²) in [6.45, 7) is 7.54. The Balaban J connectivity index is 1.71. The highest BCUT2D eigenvalue weighted by atomic mass is 16.5. The summed E-state index contributed by atoms with van der Waals surface area (Å²) in [5.41, 5.74) is 4.68. The first-order chi connectivity index (χ1) is 12.3. The Morgan fingerprint density at radius 2 is 2.08 bits per heavy atom. The number of rotatable bonds is 1. The van der Waals surface area contributed by atoms with E-state index in [9.17, 15) is 4.79 Å². The van der Waals surface area contributed by atoms with Crippen molar-refractivity contribution in [3.05, 3.63) is 28.8 Å². The van der Waals surface area contributed by atoms with Gasteiger partial charge in [-0.05, 0) is 70.7 Å². The number of carbonyl (C=O) groups is 1. The monoisotopic (exact) mass is 351 g/mol. The Kier molecular flexibility index (Phi) is 2.64. The first-order valence-electron chi connectivity index (χ1n) is 10.4. The largest absolute Gasteiger partial charge is 0.488 e. The highest BCUT2D eigenvalue weighted by Crippen LogP contribution is 2.77. The number of hydrogen-bond donors (Lipinski definition) is 0. The Bertz CT molecular complexity index is 862. The second kappa shape index (κ2) is 4.38. The number of Topliss-reactive ketones (excluding diaryl/α,β-unsaturated/α-hetero) is 1. The van der Waals surface area contributed by atoms with Gasteiger partial charge in [-0.1, -0.05) is 19.1 Å². The molecule has 0 radical (unpaired) electrons. The summed E-state index contributed by atoms with van der Waals surface area (Å²) in [4.78, 5) is 15.3. The molecular weight excluding hydrogens is 322 g/mol. The maximum atomic E-state index is 12.7. The van der Waals surface area contributed by atoms with Crippen molar-refractivity contribution in [1.82, 2.24) is 4.90 Å². The summed E-state index contributed by atoms with van der Waals surface area (Å²) < 4.78 is 6.89. The van der Waals surface area contributed by atoms with Crippen LogP contribution in [0.5, 0.6) is 5.75 Å². The second-order valence-electron chi connectivity index (χ2n) is 10.2. The summed E-state index contributed by atoms with van der Waals surface area (Å²) in [5, 5.41) is 0. The molecule has 6 atom stereocenters. The average molecular weight is 351 g/mol. The van der Waals surface area contributed by atoms with Crippen LogP contribution in [0.3, 0.4) is 0 Å². The number of piperidine rings is 1. The van der Waals surface area contributed by atoms with E-state index < -0.39 is 0 Å². The van der Waals surface area contributed by atoms with Crippen LogP contribution in [0.15, 0.2) is 12.1 Å². The van der Waals surface area contributed by atoms with Gasteiger partial charge in [0.15, 0.2) is 0 Å². The molecule has 0 N–H and O–H groups in total. The zero-order valence-electron chi connectivity index (χ0n) is 16.4. The van der Waals surface area contributed by atoms with E-state index in [1.165, 1.54) is 29.7 Å². The number of fused-ring (bicyclic) bond motifs is 2. The van der Waals surface area contributed by atoms with Crippen LogP contribution in [0.4, 0.5) is 0 Å². The van der Waals surface area contributed by atoms with Gasteiger partial charge in [0, 0.05) is 33.8 Å². The smallest absolute Gasteiger partial charge is 0.133 e. The van der Waals surface area contributed by atoms with Gasteiger partial charge < -0.3 is 9.64 Å². The lowest BCUT2D eigenvalue weighted by atomic mass is 9.32. The number of aryl methyl sites for hydroxylation is 1. The van der Waals surface area contributed by atoms with Crippen LogP contribution in [0.25, 0.3) is 0 Å². The van der Waals surface area contributed by atoms with E-state index in [-0.39, 0.29) is 28.3 Å². The normalized spacial score (nSPS) is 47.5. The molecule has 4 bridgehead atoms. The van der Waals surface area contributed by atoms with Crippen LogP contribution < -0.4 is 4.74 Å². The fourth-order valence-electron chi connectivity index (χ4n) is 8.38. The molecule has 2 heterocycles. The summed E-state index contributed by atoms with van der Waals surface area (Å²) in [7, 11) is 2.31. The zero-order valence-corrected chi connectivity index (χ0v) is 16.4. The number of likely N-dealkylation sites (N-methyl/N-ethyl adjacent to an activating group) is 1. The molecule has 1 aromatic carbocycles. The van der Waals surface area contributed by atoms with Crippen LogP contribution >= 0.6 is 0 Å². The van der Waals surface area contributed by atoms with Gasteiger partial charge in [-0.15, -0.1) is 0 Å². The molecular formula is C23H29NO2. The van der Waals surface area contributed by atoms with E-state index in [0.717, 1.165) is 25.8 Å². The van der Waals surface area contributed by atoms with Crippen LogP contribution in [0, 0.1) is 23.7 Å². The Labute approximate surface area is 156 Å². The van der Waals surface area contributed by atoms with Gasteiger partial charge in [-0.2, -0.15) is 0 Å². The standard InChI is InChI=1S/C23H29NO2/c1-13-5-6-15-11-17-22-8-7-21(3,16(12-22)14(2)25)20-23(22,9-10-24(17)4)18(15)19(13)26-20/h5-6,16-17,20H,7-12H2,1-4H3. The molecule has 138 valence electrons. The Hall–Kier alpha value is -1.35. The van der Waals surface area contributed by atoms with Crippen molar-refractivity contribution in [3.8, 4) is 5.75 Å². The predicted octanol–water partition coefficient (Wildman–Crippen LogP) is 3.65. The summed E-state index contributed by atoms with van der Waals surface area (Å²) >= 11 is 0. The van der Waals surface area contributed by atoms with Gasteiger partial charge in [-0.25, -0.2) is 0 Å². The molecule has 3 heteroatoms. The maximum absolute atomic E-state index is 12.7. The van der Waals surface area contributed by atoms with E-state index >= 15 is 0 Å². The van der Waals surface area contributed by atoms with Gasteiger partial charge in [0.05, 0.1) is 0 Å². The van der Waals surface area contributed by atoms with E-state index in [0.29, 0.717) is 11.8 Å². The van der Waals surface area contributed by atoms with E-state index in [2.05, 4.69) is 37.9 Å². The third-order valence-electron chi connectivity index (χ3n) is 9.46. The number of carbonyl (C=O) groups excluding carboxylic acids is 1. The second-order valence-corrected chi connectivity index (χ2v) is 10.2. The summed E-state index contributed by atoms with van der Waals surface area (Å²) in [5.74, 6) is 1.71. The van der Waals surface area contributed by atoms with E-state index in [4.69, 9.17) is 4.74 Å². The molecule has 0 amide bonds. The van der Waals surface area contributed by atoms with Gasteiger partial charge >= 0.3 is 0 Å². The van der Waals surface area contributed by atoms with Gasteiger partial charge in [0.25, 0.3) is 0 Å².